The van der Waals surface area contributed by atoms with Gasteiger partial charge in [0, 0.05) is 35.0 Å². The monoisotopic (exact) mass is 475 g/mol. The number of nitrogens with zero attached hydrogens (tertiary/aromatic N) is 4. The number of fused-ring (bicyclic) bond motifs is 1. The molecule has 4 rings (SSSR count). The molecule has 1 aromatic carbocycles. The summed E-state index contributed by atoms with van der Waals surface area (Å²) in [6.07, 6.45) is 1.30. The molecule has 168 valence electrons. The van der Waals surface area contributed by atoms with Crippen LogP contribution in [0.25, 0.3) is 11.0 Å². The topological polar surface area (TPSA) is 89.4 Å². The number of likely N-dealkylation sites (tertiary alicyclic amines) is 1. The second-order valence-corrected chi connectivity index (χ2v) is 8.76. The van der Waals surface area contributed by atoms with Crippen molar-refractivity contribution in [2.75, 3.05) is 18.5 Å². The molecule has 2 amide bonds. The van der Waals surface area contributed by atoms with Crippen LogP contribution in [0.2, 0.25) is 10.0 Å². The summed E-state index contributed by atoms with van der Waals surface area (Å²) in [5.41, 5.74) is 3.04. The highest BCUT2D eigenvalue weighted by atomic mass is 35.5. The van der Waals surface area contributed by atoms with Crippen LogP contribution >= 0.6 is 23.2 Å². The van der Waals surface area contributed by atoms with Gasteiger partial charge in [0.05, 0.1) is 5.39 Å². The van der Waals surface area contributed by atoms with Crippen LogP contribution < -0.4 is 10.1 Å². The van der Waals surface area contributed by atoms with Crippen molar-refractivity contribution >= 4 is 51.7 Å². The van der Waals surface area contributed by atoms with E-state index < -0.39 is 6.04 Å². The van der Waals surface area contributed by atoms with Gasteiger partial charge in [-0.05, 0) is 56.5 Å². The molecule has 10 heteroatoms. The van der Waals surface area contributed by atoms with Gasteiger partial charge >= 0.3 is 0 Å². The molecule has 1 atom stereocenters. The molecule has 0 bridgehead atoms. The Morgan fingerprint density at radius 2 is 1.91 bits per heavy atom. The van der Waals surface area contributed by atoms with Gasteiger partial charge in [-0.1, -0.05) is 23.2 Å². The first kappa shape index (κ1) is 22.4. The number of nitrogens with one attached hydrogen (secondary N) is 1. The summed E-state index contributed by atoms with van der Waals surface area (Å²) in [5, 5.41) is 8.79. The van der Waals surface area contributed by atoms with Crippen LogP contribution in [-0.2, 0) is 16.6 Å². The number of benzene rings is 1. The average Bonchev–Trinajstić information content (AvgIpc) is 3.31. The van der Waals surface area contributed by atoms with Gasteiger partial charge in [0.1, 0.15) is 6.04 Å². The number of aryl methyl sites for hydroxylation is 3. The Hall–Kier alpha value is -2.84. The van der Waals surface area contributed by atoms with E-state index in [2.05, 4.69) is 15.4 Å². The molecule has 0 saturated carbocycles. The molecule has 1 unspecified atom stereocenters. The van der Waals surface area contributed by atoms with E-state index in [0.29, 0.717) is 40.2 Å². The number of rotatable bonds is 5. The summed E-state index contributed by atoms with van der Waals surface area (Å²) in [5.74, 6) is -0.203. The van der Waals surface area contributed by atoms with Crippen molar-refractivity contribution in [3.63, 3.8) is 0 Å². The molecule has 8 nitrogen and oxygen atoms in total. The van der Waals surface area contributed by atoms with E-state index in [1.165, 1.54) is 0 Å². The standard InChI is InChI=1S/C22H23Cl2N5O3/c1-12-7-13(2)25-20-19(12)22(27-28(20)3)32-11-18(30)29-6-4-5-17(29)21(31)26-16-9-14(23)8-15(24)10-16/h7-10,17H,4-6,11H2,1-3H3,(H,26,31). The lowest BCUT2D eigenvalue weighted by atomic mass is 10.2. The van der Waals surface area contributed by atoms with Gasteiger partial charge < -0.3 is 15.0 Å². The highest BCUT2D eigenvalue weighted by molar-refractivity contribution is 6.35. The summed E-state index contributed by atoms with van der Waals surface area (Å²) >= 11 is 12.0. The molecule has 2 aromatic heterocycles. The zero-order chi connectivity index (χ0) is 23.0. The van der Waals surface area contributed by atoms with Crippen LogP contribution in [0.1, 0.15) is 24.1 Å². The fourth-order valence-corrected chi connectivity index (χ4v) is 4.58. The summed E-state index contributed by atoms with van der Waals surface area (Å²) in [4.78, 5) is 31.8. The molecule has 0 radical (unpaired) electrons. The van der Waals surface area contributed by atoms with E-state index in [0.717, 1.165) is 23.1 Å². The van der Waals surface area contributed by atoms with Crippen molar-refractivity contribution in [1.29, 1.82) is 0 Å². The highest BCUT2D eigenvalue weighted by Gasteiger charge is 2.34. The van der Waals surface area contributed by atoms with E-state index in [9.17, 15) is 9.59 Å². The molecule has 1 aliphatic heterocycles. The lowest BCUT2D eigenvalue weighted by molar-refractivity contribution is -0.138. The number of pyridine rings is 1. The minimum Gasteiger partial charge on any atom is -0.466 e. The van der Waals surface area contributed by atoms with Gasteiger partial charge in [-0.25, -0.2) is 9.67 Å². The number of amides is 2. The second kappa shape index (κ2) is 8.96. The van der Waals surface area contributed by atoms with Gasteiger partial charge in [0.25, 0.3) is 5.91 Å². The number of aromatic nitrogens is 3. The van der Waals surface area contributed by atoms with E-state index >= 15 is 0 Å². The Morgan fingerprint density at radius 3 is 2.62 bits per heavy atom. The molecule has 1 aliphatic rings. The van der Waals surface area contributed by atoms with Gasteiger partial charge in [-0.2, -0.15) is 0 Å². The zero-order valence-corrected chi connectivity index (χ0v) is 19.5. The van der Waals surface area contributed by atoms with E-state index in [1.807, 2.05) is 19.9 Å². The number of hydrogen-bond acceptors (Lipinski definition) is 5. The third-order valence-electron chi connectivity index (χ3n) is 5.43. The lowest BCUT2D eigenvalue weighted by Gasteiger charge is -2.24. The lowest BCUT2D eigenvalue weighted by Crippen LogP contribution is -2.45. The minimum atomic E-state index is -0.588. The average molecular weight is 476 g/mol. The molecule has 32 heavy (non-hydrogen) atoms. The summed E-state index contributed by atoms with van der Waals surface area (Å²) in [6.45, 7) is 4.14. The van der Waals surface area contributed by atoms with Gasteiger partial charge in [0.15, 0.2) is 12.3 Å². The van der Waals surface area contributed by atoms with Crippen LogP contribution in [0.3, 0.4) is 0 Å². The number of carbonyl (C=O) groups is 2. The first-order chi connectivity index (χ1) is 15.2. The predicted octanol–water partition coefficient (Wildman–Crippen LogP) is 3.90. The van der Waals surface area contributed by atoms with Crippen molar-refractivity contribution in [3.8, 4) is 5.88 Å². The molecule has 1 N–H and O–H groups in total. The molecule has 3 aromatic rings. The van der Waals surface area contributed by atoms with Crippen LogP contribution in [0.5, 0.6) is 5.88 Å². The Labute approximate surface area is 195 Å². The first-order valence-electron chi connectivity index (χ1n) is 10.2. The Morgan fingerprint density at radius 1 is 1.19 bits per heavy atom. The quantitative estimate of drug-likeness (QED) is 0.604. The van der Waals surface area contributed by atoms with E-state index in [1.54, 1.807) is 34.8 Å². The van der Waals surface area contributed by atoms with Gasteiger partial charge in [-0.15, -0.1) is 5.10 Å². The fraction of sp³-hybridized carbons (Fsp3) is 0.364. The van der Waals surface area contributed by atoms with E-state index in [-0.39, 0.29) is 18.4 Å². The molecule has 1 fully saturated rings. The van der Waals surface area contributed by atoms with Crippen LogP contribution in [-0.4, -0.2) is 50.7 Å². The van der Waals surface area contributed by atoms with Crippen LogP contribution in [0.4, 0.5) is 5.69 Å². The number of carbonyl (C=O) groups excluding carboxylic acids is 2. The molecule has 1 saturated heterocycles. The predicted molar refractivity (Wildman–Crippen MR) is 123 cm³/mol. The molecule has 3 heterocycles. The Kier molecular flexibility index (Phi) is 6.26. The van der Waals surface area contributed by atoms with Crippen molar-refractivity contribution < 1.29 is 14.3 Å². The highest BCUT2D eigenvalue weighted by Crippen LogP contribution is 2.28. The fourth-order valence-electron chi connectivity index (χ4n) is 4.05. The zero-order valence-electron chi connectivity index (χ0n) is 18.0. The molecular formula is C22H23Cl2N5O3. The molecule has 0 aliphatic carbocycles. The maximum atomic E-state index is 12.9. The third kappa shape index (κ3) is 4.52. The second-order valence-electron chi connectivity index (χ2n) is 7.89. The van der Waals surface area contributed by atoms with Crippen LogP contribution in [0.15, 0.2) is 24.3 Å². The largest absolute Gasteiger partial charge is 0.466 e. The minimum absolute atomic E-state index is 0.216. The maximum absolute atomic E-state index is 12.9. The summed E-state index contributed by atoms with van der Waals surface area (Å²) < 4.78 is 7.42. The van der Waals surface area contributed by atoms with Crippen molar-refractivity contribution in [2.24, 2.45) is 7.05 Å². The Bertz CT molecular complexity index is 1190. The smallest absolute Gasteiger partial charge is 0.261 e. The summed E-state index contributed by atoms with van der Waals surface area (Å²) in [6, 6.07) is 6.17. The van der Waals surface area contributed by atoms with Crippen molar-refractivity contribution in [1.82, 2.24) is 19.7 Å². The SMILES string of the molecule is Cc1cc(C)c2c(OCC(=O)N3CCCC3C(=O)Nc3cc(Cl)cc(Cl)c3)nn(C)c2n1. The van der Waals surface area contributed by atoms with Gasteiger partial charge in [-0.3, -0.25) is 9.59 Å². The number of anilines is 1. The van der Waals surface area contributed by atoms with Gasteiger partial charge in [0.2, 0.25) is 11.8 Å². The van der Waals surface area contributed by atoms with Crippen LogP contribution in [0, 0.1) is 13.8 Å². The van der Waals surface area contributed by atoms with Crippen molar-refractivity contribution in [3.05, 3.63) is 45.6 Å². The Balaban J connectivity index is 1.45. The first-order valence-corrected chi connectivity index (χ1v) is 11.0. The van der Waals surface area contributed by atoms with Crippen molar-refractivity contribution in [2.45, 2.75) is 32.7 Å². The number of hydrogen-bond donors (Lipinski definition) is 1. The van der Waals surface area contributed by atoms with E-state index in [4.69, 9.17) is 27.9 Å². The number of halogens is 2. The molecule has 0 spiro atoms. The molecular weight excluding hydrogens is 453 g/mol. The number of ether oxygens (including phenoxy) is 1. The summed E-state index contributed by atoms with van der Waals surface area (Å²) in [7, 11) is 1.78. The third-order valence-corrected chi connectivity index (χ3v) is 5.86. The normalized spacial score (nSPS) is 15.9. The maximum Gasteiger partial charge on any atom is 0.261 e.